The van der Waals surface area contributed by atoms with E-state index in [0.29, 0.717) is 29.3 Å². The fourth-order valence-electron chi connectivity index (χ4n) is 6.21. The van der Waals surface area contributed by atoms with E-state index in [9.17, 15) is 14.7 Å². The van der Waals surface area contributed by atoms with E-state index in [4.69, 9.17) is 9.84 Å². The second kappa shape index (κ2) is 13.6. The Bertz CT molecular complexity index is 1230. The van der Waals surface area contributed by atoms with Crippen LogP contribution in [0.25, 0.3) is 11.3 Å². The van der Waals surface area contributed by atoms with Gasteiger partial charge in [0.15, 0.2) is 5.69 Å². The molecule has 0 spiro atoms. The zero-order chi connectivity index (χ0) is 28.8. The lowest BCUT2D eigenvalue weighted by molar-refractivity contribution is -0.122. The smallest absolute Gasteiger partial charge is 0.272 e. The third kappa shape index (κ3) is 7.12. The van der Waals surface area contributed by atoms with Gasteiger partial charge in [-0.05, 0) is 88.6 Å². The van der Waals surface area contributed by atoms with E-state index < -0.39 is 0 Å². The SMILES string of the molecule is COc1cccc(O)c1-c1cc(C(=O)N[C@@H](CCN2CCCCC2)CC(=O)NC2CCC2)nn1C1C=CCCC1C. The Labute approximate surface area is 243 Å². The molecule has 0 bridgehead atoms. The van der Waals surface area contributed by atoms with Gasteiger partial charge in [-0.15, -0.1) is 0 Å². The van der Waals surface area contributed by atoms with Gasteiger partial charge < -0.3 is 25.4 Å². The molecule has 1 aromatic heterocycles. The summed E-state index contributed by atoms with van der Waals surface area (Å²) in [6.07, 6.45) is 14.1. The van der Waals surface area contributed by atoms with E-state index in [1.54, 1.807) is 31.4 Å². The predicted molar refractivity (Wildman–Crippen MR) is 159 cm³/mol. The minimum Gasteiger partial charge on any atom is -0.507 e. The second-order valence-electron chi connectivity index (χ2n) is 11.9. The maximum atomic E-state index is 13.7. The van der Waals surface area contributed by atoms with Crippen LogP contribution in [-0.2, 0) is 4.79 Å². The van der Waals surface area contributed by atoms with Crippen LogP contribution in [-0.4, -0.2) is 70.4 Å². The summed E-state index contributed by atoms with van der Waals surface area (Å²) in [5, 5.41) is 21.9. The van der Waals surface area contributed by atoms with Gasteiger partial charge in [-0.2, -0.15) is 5.10 Å². The van der Waals surface area contributed by atoms with E-state index >= 15 is 0 Å². The zero-order valence-electron chi connectivity index (χ0n) is 24.5. The van der Waals surface area contributed by atoms with E-state index in [1.165, 1.54) is 19.3 Å². The molecular weight excluding hydrogens is 518 g/mol. The van der Waals surface area contributed by atoms with Crippen molar-refractivity contribution in [3.63, 3.8) is 0 Å². The first-order valence-corrected chi connectivity index (χ1v) is 15.4. The number of nitrogens with zero attached hydrogens (tertiary/aromatic N) is 3. The van der Waals surface area contributed by atoms with Crippen molar-refractivity contribution in [1.29, 1.82) is 0 Å². The summed E-state index contributed by atoms with van der Waals surface area (Å²) in [6, 6.07) is 6.78. The molecule has 41 heavy (non-hydrogen) atoms. The standard InChI is InChI=1S/C32H45N5O4/c1-22-10-4-5-13-26(22)37-27(31-28(38)14-9-15-29(31)41-2)21-25(35-37)32(40)34-24(16-19-36-17-6-3-7-18-36)20-30(39)33-23-11-8-12-23/h5,9,13-15,21-24,26,38H,3-4,6-8,10-12,16-20H2,1-2H3,(H,33,39)(H,34,40)/t22?,24-,26?/m0/s1. The number of phenols is 1. The minimum absolute atomic E-state index is 0.00928. The lowest BCUT2D eigenvalue weighted by Crippen LogP contribution is -2.45. The first-order valence-electron chi connectivity index (χ1n) is 15.4. The first-order chi connectivity index (χ1) is 19.9. The fourth-order valence-corrected chi connectivity index (χ4v) is 6.21. The number of aromatic nitrogens is 2. The van der Waals surface area contributed by atoms with E-state index in [1.807, 2.05) is 4.68 Å². The number of nitrogens with one attached hydrogen (secondary N) is 2. The summed E-state index contributed by atoms with van der Waals surface area (Å²) in [5.74, 6) is 0.561. The summed E-state index contributed by atoms with van der Waals surface area (Å²) in [6.45, 7) is 5.16. The molecule has 3 atom stereocenters. The van der Waals surface area contributed by atoms with Gasteiger partial charge in [0.2, 0.25) is 5.91 Å². The average Bonchev–Trinajstić information content (AvgIpc) is 3.39. The molecule has 2 aromatic rings. The number of carbonyl (C=O) groups is 2. The number of allylic oxidation sites excluding steroid dienone is 2. The quantitative estimate of drug-likeness (QED) is 0.338. The third-order valence-corrected chi connectivity index (χ3v) is 8.92. The Kier molecular flexibility index (Phi) is 9.64. The highest BCUT2D eigenvalue weighted by Crippen LogP contribution is 2.41. The number of aromatic hydroxyl groups is 1. The van der Waals surface area contributed by atoms with Crippen LogP contribution in [0.1, 0.15) is 87.7 Å². The van der Waals surface area contributed by atoms with E-state index in [0.717, 1.165) is 51.7 Å². The average molecular weight is 564 g/mol. The van der Waals surface area contributed by atoms with Crippen molar-refractivity contribution in [3.05, 3.63) is 42.1 Å². The molecule has 5 rings (SSSR count). The topological polar surface area (TPSA) is 109 Å². The number of phenolic OH excluding ortho intramolecular Hbond substituents is 1. The van der Waals surface area contributed by atoms with Crippen LogP contribution in [0.2, 0.25) is 0 Å². The first kappa shape index (κ1) is 29.2. The van der Waals surface area contributed by atoms with Crippen molar-refractivity contribution in [2.45, 2.75) is 89.3 Å². The Morgan fingerprint density at radius 2 is 1.95 bits per heavy atom. The second-order valence-corrected chi connectivity index (χ2v) is 11.9. The molecule has 1 saturated heterocycles. The molecule has 222 valence electrons. The third-order valence-electron chi connectivity index (χ3n) is 8.92. The number of carbonyl (C=O) groups excluding carboxylic acids is 2. The summed E-state index contributed by atoms with van der Waals surface area (Å²) in [7, 11) is 1.57. The van der Waals surface area contributed by atoms with Crippen molar-refractivity contribution in [1.82, 2.24) is 25.3 Å². The van der Waals surface area contributed by atoms with Gasteiger partial charge in [-0.3, -0.25) is 14.3 Å². The highest BCUT2D eigenvalue weighted by molar-refractivity contribution is 5.94. The monoisotopic (exact) mass is 563 g/mol. The molecule has 2 unspecified atom stereocenters. The zero-order valence-corrected chi connectivity index (χ0v) is 24.5. The lowest BCUT2D eigenvalue weighted by Gasteiger charge is -2.29. The van der Waals surface area contributed by atoms with Gasteiger partial charge in [-0.1, -0.05) is 31.6 Å². The molecule has 1 saturated carbocycles. The summed E-state index contributed by atoms with van der Waals surface area (Å²) in [5.41, 5.74) is 1.40. The fraction of sp³-hybridized carbons (Fsp3) is 0.594. The predicted octanol–water partition coefficient (Wildman–Crippen LogP) is 4.82. The Hall–Kier alpha value is -3.33. The molecule has 9 nitrogen and oxygen atoms in total. The minimum atomic E-state index is -0.313. The molecule has 2 fully saturated rings. The number of piperidine rings is 1. The Balaban J connectivity index is 1.40. The summed E-state index contributed by atoms with van der Waals surface area (Å²) < 4.78 is 7.44. The molecule has 1 aliphatic heterocycles. The summed E-state index contributed by atoms with van der Waals surface area (Å²) in [4.78, 5) is 29.0. The number of hydrogen-bond acceptors (Lipinski definition) is 6. The molecule has 1 aromatic carbocycles. The molecule has 3 aliphatic rings. The molecule has 2 amide bonds. The number of ether oxygens (including phenoxy) is 1. The highest BCUT2D eigenvalue weighted by Gasteiger charge is 2.29. The van der Waals surface area contributed by atoms with Gasteiger partial charge in [0.1, 0.15) is 11.5 Å². The van der Waals surface area contributed by atoms with Crippen molar-refractivity contribution in [3.8, 4) is 22.8 Å². The molecule has 9 heteroatoms. The van der Waals surface area contributed by atoms with Gasteiger partial charge in [0.05, 0.1) is 24.4 Å². The van der Waals surface area contributed by atoms with E-state index in [-0.39, 0.29) is 47.8 Å². The maximum Gasteiger partial charge on any atom is 0.272 e. The van der Waals surface area contributed by atoms with Crippen molar-refractivity contribution in [2.75, 3.05) is 26.7 Å². The summed E-state index contributed by atoms with van der Waals surface area (Å²) >= 11 is 0. The number of rotatable bonds is 11. The van der Waals surface area contributed by atoms with Crippen LogP contribution >= 0.6 is 0 Å². The van der Waals surface area contributed by atoms with Crippen LogP contribution in [0.4, 0.5) is 0 Å². The van der Waals surface area contributed by atoms with Gasteiger partial charge in [0.25, 0.3) is 5.91 Å². The van der Waals surface area contributed by atoms with Crippen LogP contribution < -0.4 is 15.4 Å². The number of methoxy groups -OCH3 is 1. The van der Waals surface area contributed by atoms with Crippen molar-refractivity contribution < 1.29 is 19.4 Å². The lowest BCUT2D eigenvalue weighted by atomic mass is 9.91. The highest BCUT2D eigenvalue weighted by atomic mass is 16.5. The van der Waals surface area contributed by atoms with Gasteiger partial charge in [0, 0.05) is 25.0 Å². The van der Waals surface area contributed by atoms with Gasteiger partial charge in [-0.25, -0.2) is 0 Å². The number of amides is 2. The Morgan fingerprint density at radius 1 is 1.15 bits per heavy atom. The number of hydrogen-bond donors (Lipinski definition) is 3. The van der Waals surface area contributed by atoms with E-state index in [2.05, 4.69) is 34.6 Å². The number of benzene rings is 1. The van der Waals surface area contributed by atoms with Crippen LogP contribution in [0, 0.1) is 5.92 Å². The molecule has 3 N–H and O–H groups in total. The molecule has 2 aliphatic carbocycles. The van der Waals surface area contributed by atoms with Crippen molar-refractivity contribution >= 4 is 11.8 Å². The van der Waals surface area contributed by atoms with Crippen LogP contribution in [0.15, 0.2) is 36.4 Å². The van der Waals surface area contributed by atoms with Crippen LogP contribution in [0.5, 0.6) is 11.5 Å². The van der Waals surface area contributed by atoms with Crippen LogP contribution in [0.3, 0.4) is 0 Å². The number of likely N-dealkylation sites (tertiary alicyclic amines) is 1. The molecule has 2 heterocycles. The molecule has 0 radical (unpaired) electrons. The largest absolute Gasteiger partial charge is 0.507 e. The molecular formula is C32H45N5O4. The Morgan fingerprint density at radius 3 is 2.66 bits per heavy atom. The van der Waals surface area contributed by atoms with Crippen molar-refractivity contribution in [2.24, 2.45) is 5.92 Å². The maximum absolute atomic E-state index is 13.7. The normalized spacial score (nSPS) is 22.1. The van der Waals surface area contributed by atoms with Gasteiger partial charge >= 0.3 is 0 Å².